The lowest BCUT2D eigenvalue weighted by Crippen LogP contribution is -2.21. The molecule has 1 aliphatic rings. The van der Waals surface area contributed by atoms with Gasteiger partial charge in [-0.15, -0.1) is 0 Å². The normalized spacial score (nSPS) is 31.9. The Balaban J connectivity index is 2.58. The molecule has 2 N–H and O–H groups in total. The van der Waals surface area contributed by atoms with E-state index in [0.29, 0.717) is 5.92 Å². The summed E-state index contributed by atoms with van der Waals surface area (Å²) in [5.74, 6) is 0.494. The first kappa shape index (κ1) is 9.14. The summed E-state index contributed by atoms with van der Waals surface area (Å²) in [5, 5.41) is 0. The van der Waals surface area contributed by atoms with Gasteiger partial charge in [0.2, 0.25) is 0 Å². The maximum Gasteiger partial charge on any atom is 0.0831 e. The third-order valence-electron chi connectivity index (χ3n) is 1.62. The van der Waals surface area contributed by atoms with Crippen LogP contribution >= 0.6 is 45.7 Å². The van der Waals surface area contributed by atoms with Crippen molar-refractivity contribution in [3.8, 4) is 0 Å². The van der Waals surface area contributed by atoms with Gasteiger partial charge in [-0.2, -0.15) is 0 Å². The molecule has 0 aromatic rings. The first-order chi connectivity index (χ1) is 4.77. The highest BCUT2D eigenvalue weighted by atomic mass is 127. The fourth-order valence-electron chi connectivity index (χ4n) is 1.02. The molecule has 1 atom stereocenters. The van der Waals surface area contributed by atoms with Crippen molar-refractivity contribution < 1.29 is 0 Å². The molecule has 1 heterocycles. The highest BCUT2D eigenvalue weighted by Crippen LogP contribution is 2.17. The summed E-state index contributed by atoms with van der Waals surface area (Å²) in [5.41, 5.74) is 6.78. The molecule has 1 saturated heterocycles. The highest BCUT2D eigenvalue weighted by Gasteiger charge is 2.25. The largest absolute Gasteiger partial charge is 0.330 e. The van der Waals surface area contributed by atoms with Crippen molar-refractivity contribution in [2.45, 2.75) is 0 Å². The van der Waals surface area contributed by atoms with Crippen molar-refractivity contribution in [3.05, 3.63) is 0 Å². The molecular weight excluding hydrogens is 356 g/mol. The molecule has 0 spiro atoms. The van der Waals surface area contributed by atoms with Gasteiger partial charge in [0.15, 0.2) is 0 Å². The molecule has 0 aromatic heterocycles. The average molecular weight is 365 g/mol. The van der Waals surface area contributed by atoms with Crippen molar-refractivity contribution in [3.63, 3.8) is 0 Å². The molecule has 3 nitrogen and oxygen atoms in total. The van der Waals surface area contributed by atoms with E-state index in [2.05, 4.69) is 29.2 Å². The molecule has 0 radical (unpaired) electrons. The second-order valence-electron chi connectivity index (χ2n) is 2.31. The zero-order valence-corrected chi connectivity index (χ0v) is 9.74. The lowest BCUT2D eigenvalue weighted by molar-refractivity contribution is 0.571. The van der Waals surface area contributed by atoms with Crippen molar-refractivity contribution in [2.75, 3.05) is 19.6 Å². The number of halogens is 2. The first-order valence-electron chi connectivity index (χ1n) is 3.06. The fraction of sp³-hybridized carbons (Fsp3) is 0.800. The van der Waals surface area contributed by atoms with Gasteiger partial charge in [0.05, 0.1) is 22.9 Å². The quantitative estimate of drug-likeness (QED) is 0.557. The van der Waals surface area contributed by atoms with Crippen LogP contribution in [0.15, 0.2) is 3.21 Å². The SMILES string of the molecule is NCC1CN(I)CC1=NI. The van der Waals surface area contributed by atoms with E-state index in [4.69, 9.17) is 5.73 Å². The van der Waals surface area contributed by atoms with Crippen LogP contribution in [0.2, 0.25) is 0 Å². The second-order valence-corrected chi connectivity index (χ2v) is 4.16. The number of rotatable bonds is 1. The van der Waals surface area contributed by atoms with Gasteiger partial charge in [0.25, 0.3) is 0 Å². The van der Waals surface area contributed by atoms with Crippen LogP contribution in [0, 0.1) is 5.92 Å². The number of hydrogen-bond donors (Lipinski definition) is 1. The summed E-state index contributed by atoms with van der Waals surface area (Å²) < 4.78 is 6.37. The zero-order valence-electron chi connectivity index (χ0n) is 5.43. The molecule has 1 fully saturated rings. The van der Waals surface area contributed by atoms with E-state index in [1.54, 1.807) is 0 Å². The van der Waals surface area contributed by atoms with Gasteiger partial charge in [-0.05, 0) is 0 Å². The van der Waals surface area contributed by atoms with Gasteiger partial charge >= 0.3 is 0 Å². The second kappa shape index (κ2) is 4.17. The van der Waals surface area contributed by atoms with Crippen LogP contribution in [-0.4, -0.2) is 28.5 Å². The number of nitrogens with zero attached hydrogens (tertiary/aromatic N) is 2. The Hall–Kier alpha value is 1.05. The molecule has 0 saturated carbocycles. The summed E-state index contributed by atoms with van der Waals surface area (Å²) in [7, 11) is 0. The van der Waals surface area contributed by atoms with Crippen LogP contribution in [0.1, 0.15) is 0 Å². The van der Waals surface area contributed by atoms with Crippen molar-refractivity contribution >= 4 is 51.4 Å². The Bertz CT molecular complexity index is 148. The predicted octanol–water partition coefficient (Wildman–Crippen LogP) is 1.02. The molecule has 0 aliphatic carbocycles. The Kier molecular flexibility index (Phi) is 3.81. The molecule has 1 aliphatic heterocycles. The minimum absolute atomic E-state index is 0.494. The molecule has 10 heavy (non-hydrogen) atoms. The Labute approximate surface area is 88.4 Å². The van der Waals surface area contributed by atoms with Crippen LogP contribution in [0.25, 0.3) is 0 Å². The van der Waals surface area contributed by atoms with Gasteiger partial charge < -0.3 is 5.73 Å². The van der Waals surface area contributed by atoms with E-state index in [9.17, 15) is 0 Å². The predicted molar refractivity (Wildman–Crippen MR) is 59.6 cm³/mol. The molecule has 1 rings (SSSR count). The van der Waals surface area contributed by atoms with Gasteiger partial charge in [-0.25, -0.2) is 6.32 Å². The molecule has 58 valence electrons. The Morgan fingerprint density at radius 1 is 1.80 bits per heavy atom. The van der Waals surface area contributed by atoms with Crippen LogP contribution in [0.5, 0.6) is 0 Å². The molecular formula is C5H9I2N3. The standard InChI is InChI=1S/C5H9I2N3/c6-9-5-3-10(7)2-4(5)1-8/h4H,1-3,8H2. The van der Waals surface area contributed by atoms with Gasteiger partial charge in [0, 0.05) is 54.1 Å². The minimum atomic E-state index is 0.494. The van der Waals surface area contributed by atoms with E-state index >= 15 is 0 Å². The topological polar surface area (TPSA) is 41.6 Å². The van der Waals surface area contributed by atoms with Crippen LogP contribution in [0.4, 0.5) is 0 Å². The van der Waals surface area contributed by atoms with Crippen molar-refractivity contribution in [2.24, 2.45) is 14.9 Å². The van der Waals surface area contributed by atoms with Crippen molar-refractivity contribution in [1.82, 2.24) is 3.11 Å². The Morgan fingerprint density at radius 2 is 2.50 bits per heavy atom. The monoisotopic (exact) mass is 365 g/mol. The van der Waals surface area contributed by atoms with E-state index in [1.807, 2.05) is 22.9 Å². The zero-order chi connectivity index (χ0) is 7.56. The summed E-state index contributed by atoms with van der Waals surface area (Å²) in [4.78, 5) is 0. The third kappa shape index (κ3) is 2.02. The summed E-state index contributed by atoms with van der Waals surface area (Å²) in [6.45, 7) is 2.76. The van der Waals surface area contributed by atoms with Crippen LogP contribution in [-0.2, 0) is 0 Å². The van der Waals surface area contributed by atoms with E-state index < -0.39 is 0 Å². The third-order valence-corrected chi connectivity index (χ3v) is 2.97. The van der Waals surface area contributed by atoms with E-state index in [0.717, 1.165) is 19.6 Å². The fourth-order valence-corrected chi connectivity index (χ4v) is 2.39. The number of hydrogen-bond acceptors (Lipinski definition) is 3. The van der Waals surface area contributed by atoms with Crippen LogP contribution < -0.4 is 5.73 Å². The maximum atomic E-state index is 5.55. The van der Waals surface area contributed by atoms with E-state index in [1.165, 1.54) is 5.71 Å². The van der Waals surface area contributed by atoms with Crippen LogP contribution in [0.3, 0.4) is 0 Å². The minimum Gasteiger partial charge on any atom is -0.330 e. The lowest BCUT2D eigenvalue weighted by atomic mass is 10.1. The molecule has 1 unspecified atom stereocenters. The van der Waals surface area contributed by atoms with Gasteiger partial charge in [0.1, 0.15) is 0 Å². The first-order valence-corrected chi connectivity index (χ1v) is 4.99. The lowest BCUT2D eigenvalue weighted by Gasteiger charge is -2.03. The molecule has 0 aromatic carbocycles. The molecule has 0 amide bonds. The van der Waals surface area contributed by atoms with E-state index in [-0.39, 0.29) is 0 Å². The maximum absolute atomic E-state index is 5.55. The Morgan fingerprint density at radius 3 is 2.90 bits per heavy atom. The molecule has 5 heteroatoms. The summed E-state index contributed by atoms with van der Waals surface area (Å²) in [6.07, 6.45) is 0. The van der Waals surface area contributed by atoms with Gasteiger partial charge in [-0.1, -0.05) is 0 Å². The smallest absolute Gasteiger partial charge is 0.0831 e. The highest BCUT2D eigenvalue weighted by molar-refractivity contribution is 14.1. The molecule has 0 bridgehead atoms. The van der Waals surface area contributed by atoms with Gasteiger partial charge in [-0.3, -0.25) is 0 Å². The average Bonchev–Trinajstić information content (AvgIpc) is 2.30. The summed E-state index contributed by atoms with van der Waals surface area (Å²) in [6, 6.07) is 0. The van der Waals surface area contributed by atoms with Crippen molar-refractivity contribution in [1.29, 1.82) is 0 Å². The number of nitrogens with two attached hydrogens (primary N) is 1. The summed E-state index contributed by atoms with van der Waals surface area (Å²) >= 11 is 4.34.